The number of methoxy groups -OCH3 is 1. The van der Waals surface area contributed by atoms with E-state index in [9.17, 15) is 4.79 Å². The van der Waals surface area contributed by atoms with Gasteiger partial charge in [-0.25, -0.2) is 0 Å². The summed E-state index contributed by atoms with van der Waals surface area (Å²) < 4.78 is 4.91. The van der Waals surface area contributed by atoms with Gasteiger partial charge in [0, 0.05) is 7.11 Å². The van der Waals surface area contributed by atoms with E-state index in [2.05, 4.69) is 6.07 Å². The Labute approximate surface area is 71.1 Å². The Morgan fingerprint density at radius 3 is 2.58 bits per heavy atom. The lowest BCUT2D eigenvalue weighted by atomic mass is 10.1. The maximum Gasteiger partial charge on any atom is 0.251 e. The summed E-state index contributed by atoms with van der Waals surface area (Å²) in [4.78, 5) is 10.8. The van der Waals surface area contributed by atoms with Crippen molar-refractivity contribution in [2.75, 3.05) is 7.11 Å². The lowest BCUT2D eigenvalue weighted by molar-refractivity contribution is -0.128. The first kappa shape index (κ1) is 8.74. The number of carbonyl (C=O) groups is 1. The molecule has 3 nitrogen and oxygen atoms in total. The molecule has 0 saturated carbocycles. The molecule has 1 atom stereocenters. The van der Waals surface area contributed by atoms with Crippen molar-refractivity contribution in [1.29, 1.82) is 0 Å². The van der Waals surface area contributed by atoms with Crippen molar-refractivity contribution < 1.29 is 9.53 Å². The Kier molecular flexibility index (Phi) is 2.82. The minimum atomic E-state index is -0.653. The second-order valence-electron chi connectivity index (χ2n) is 2.35. The topological polar surface area (TPSA) is 52.3 Å². The van der Waals surface area contributed by atoms with Crippen molar-refractivity contribution in [1.82, 2.24) is 0 Å². The van der Waals surface area contributed by atoms with Crippen LogP contribution < -0.4 is 5.73 Å². The first-order chi connectivity index (χ1) is 5.75. The maximum atomic E-state index is 10.8. The van der Waals surface area contributed by atoms with E-state index in [4.69, 9.17) is 10.5 Å². The third kappa shape index (κ3) is 1.83. The summed E-state index contributed by atoms with van der Waals surface area (Å²) >= 11 is 0. The molecule has 0 aliphatic carbocycles. The van der Waals surface area contributed by atoms with Crippen LogP contribution in [-0.4, -0.2) is 13.0 Å². The first-order valence-corrected chi connectivity index (χ1v) is 3.54. The van der Waals surface area contributed by atoms with E-state index >= 15 is 0 Å². The van der Waals surface area contributed by atoms with Crippen molar-refractivity contribution >= 4 is 5.91 Å². The van der Waals surface area contributed by atoms with Crippen LogP contribution in [0, 0.1) is 6.07 Å². The van der Waals surface area contributed by atoms with E-state index in [1.165, 1.54) is 7.11 Å². The van der Waals surface area contributed by atoms with Crippen LogP contribution in [0.5, 0.6) is 0 Å². The lowest BCUT2D eigenvalue weighted by Crippen LogP contribution is -2.22. The number of nitrogens with two attached hydrogens (primary N) is 1. The zero-order valence-corrected chi connectivity index (χ0v) is 6.78. The molecule has 1 amide bonds. The van der Waals surface area contributed by atoms with Gasteiger partial charge in [0.1, 0.15) is 0 Å². The number of amides is 1. The van der Waals surface area contributed by atoms with E-state index < -0.39 is 12.0 Å². The Morgan fingerprint density at radius 1 is 1.58 bits per heavy atom. The van der Waals surface area contributed by atoms with Gasteiger partial charge in [-0.15, -0.1) is 0 Å². The molecule has 3 heteroatoms. The Hall–Kier alpha value is -1.35. The first-order valence-electron chi connectivity index (χ1n) is 3.54. The fourth-order valence-corrected chi connectivity index (χ4v) is 0.991. The van der Waals surface area contributed by atoms with Gasteiger partial charge in [0.25, 0.3) is 5.91 Å². The molecule has 0 fully saturated rings. The SMILES string of the molecule is COC(C(N)=O)c1cc[c]cc1. The second-order valence-corrected chi connectivity index (χ2v) is 2.35. The second kappa shape index (κ2) is 3.88. The molecular weight excluding hydrogens is 154 g/mol. The number of hydrogen-bond acceptors (Lipinski definition) is 2. The highest BCUT2D eigenvalue weighted by Crippen LogP contribution is 2.14. The van der Waals surface area contributed by atoms with E-state index in [0.717, 1.165) is 5.56 Å². The van der Waals surface area contributed by atoms with E-state index in [1.807, 2.05) is 0 Å². The molecule has 0 spiro atoms. The molecule has 1 unspecified atom stereocenters. The highest BCUT2D eigenvalue weighted by molar-refractivity contribution is 5.80. The molecule has 1 radical (unpaired) electrons. The predicted octanol–water partition coefficient (Wildman–Crippen LogP) is 0.660. The number of benzene rings is 1. The molecule has 0 saturated heterocycles. The highest BCUT2D eigenvalue weighted by Gasteiger charge is 2.15. The molecule has 0 aromatic heterocycles. The fourth-order valence-electron chi connectivity index (χ4n) is 0.991. The molecule has 63 valence electrons. The Balaban J connectivity index is 2.88. The molecule has 12 heavy (non-hydrogen) atoms. The molecule has 1 aromatic rings. The van der Waals surface area contributed by atoms with Gasteiger partial charge in [-0.05, 0) is 11.6 Å². The summed E-state index contributed by atoms with van der Waals surface area (Å²) in [6.07, 6.45) is -0.653. The van der Waals surface area contributed by atoms with Crippen LogP contribution in [0.2, 0.25) is 0 Å². The van der Waals surface area contributed by atoms with Gasteiger partial charge in [0.15, 0.2) is 6.10 Å². The summed E-state index contributed by atoms with van der Waals surface area (Å²) in [5.41, 5.74) is 5.86. The molecule has 1 aromatic carbocycles. The largest absolute Gasteiger partial charge is 0.367 e. The highest BCUT2D eigenvalue weighted by atomic mass is 16.5. The molecule has 2 N–H and O–H groups in total. The lowest BCUT2D eigenvalue weighted by Gasteiger charge is -2.10. The Bertz CT molecular complexity index is 258. The van der Waals surface area contributed by atoms with Gasteiger partial charge >= 0.3 is 0 Å². The van der Waals surface area contributed by atoms with Gasteiger partial charge in [-0.3, -0.25) is 4.79 Å². The van der Waals surface area contributed by atoms with E-state index in [0.29, 0.717) is 0 Å². The smallest absolute Gasteiger partial charge is 0.251 e. The van der Waals surface area contributed by atoms with Crippen molar-refractivity contribution in [2.45, 2.75) is 6.10 Å². The summed E-state index contributed by atoms with van der Waals surface area (Å²) in [5.74, 6) is -0.483. The van der Waals surface area contributed by atoms with Gasteiger partial charge in [-0.1, -0.05) is 24.3 Å². The number of ether oxygens (including phenoxy) is 1. The molecule has 0 aliphatic heterocycles. The summed E-state index contributed by atoms with van der Waals surface area (Å²) in [6, 6.07) is 9.77. The van der Waals surface area contributed by atoms with Crippen LogP contribution >= 0.6 is 0 Å². The number of hydrogen-bond donors (Lipinski definition) is 1. The zero-order chi connectivity index (χ0) is 8.97. The van der Waals surface area contributed by atoms with Crippen LogP contribution in [0.25, 0.3) is 0 Å². The summed E-state index contributed by atoms with van der Waals surface area (Å²) in [7, 11) is 1.45. The predicted molar refractivity (Wildman–Crippen MR) is 44.2 cm³/mol. The minimum Gasteiger partial charge on any atom is -0.367 e. The molecule has 0 bridgehead atoms. The number of carbonyl (C=O) groups excluding carboxylic acids is 1. The summed E-state index contributed by atoms with van der Waals surface area (Å²) in [6.45, 7) is 0. The normalized spacial score (nSPS) is 12.4. The van der Waals surface area contributed by atoms with Crippen LogP contribution in [0.3, 0.4) is 0 Å². The Morgan fingerprint density at radius 2 is 2.17 bits per heavy atom. The fraction of sp³-hybridized carbons (Fsp3) is 0.222. The molecule has 0 aliphatic rings. The van der Waals surface area contributed by atoms with Crippen LogP contribution in [0.15, 0.2) is 24.3 Å². The van der Waals surface area contributed by atoms with Gasteiger partial charge in [-0.2, -0.15) is 0 Å². The monoisotopic (exact) mass is 164 g/mol. The average Bonchev–Trinajstić information content (AvgIpc) is 2.07. The zero-order valence-electron chi connectivity index (χ0n) is 6.78. The molecule has 1 rings (SSSR count). The average molecular weight is 164 g/mol. The minimum absolute atomic E-state index is 0.483. The van der Waals surface area contributed by atoms with Crippen molar-refractivity contribution in [3.05, 3.63) is 35.9 Å². The van der Waals surface area contributed by atoms with Crippen LogP contribution in [0.1, 0.15) is 11.7 Å². The van der Waals surface area contributed by atoms with Gasteiger partial charge < -0.3 is 10.5 Å². The molecular formula is C9H10NO2. The van der Waals surface area contributed by atoms with E-state index in [-0.39, 0.29) is 0 Å². The maximum absolute atomic E-state index is 10.8. The molecule has 0 heterocycles. The van der Waals surface area contributed by atoms with Gasteiger partial charge in [0.2, 0.25) is 0 Å². The van der Waals surface area contributed by atoms with Crippen LogP contribution in [-0.2, 0) is 9.53 Å². The standard InChI is InChI=1S/C9H10NO2/c1-12-8(9(10)11)7-5-3-2-4-6-7/h3-6,8H,1H3,(H2,10,11). The van der Waals surface area contributed by atoms with Crippen molar-refractivity contribution in [3.63, 3.8) is 0 Å². The quantitative estimate of drug-likeness (QED) is 0.713. The summed E-state index contributed by atoms with van der Waals surface area (Å²) in [5, 5.41) is 0. The van der Waals surface area contributed by atoms with Crippen LogP contribution in [0.4, 0.5) is 0 Å². The third-order valence-electron chi connectivity index (χ3n) is 1.54. The number of primary amides is 1. The van der Waals surface area contributed by atoms with E-state index in [1.54, 1.807) is 24.3 Å². The van der Waals surface area contributed by atoms with Crippen molar-refractivity contribution in [2.24, 2.45) is 5.73 Å². The van der Waals surface area contributed by atoms with Crippen molar-refractivity contribution in [3.8, 4) is 0 Å². The van der Waals surface area contributed by atoms with Gasteiger partial charge in [0.05, 0.1) is 0 Å². The number of rotatable bonds is 3. The third-order valence-corrected chi connectivity index (χ3v) is 1.54.